The van der Waals surface area contributed by atoms with Crippen LogP contribution in [0.4, 0.5) is 11.4 Å². The third-order valence-electron chi connectivity index (χ3n) is 3.88. The second-order valence-electron chi connectivity index (χ2n) is 5.85. The van der Waals surface area contributed by atoms with E-state index in [1.165, 1.54) is 31.4 Å². The van der Waals surface area contributed by atoms with Crippen LogP contribution in [0, 0.1) is 31.9 Å². The van der Waals surface area contributed by atoms with Gasteiger partial charge in [0, 0.05) is 17.8 Å². The highest BCUT2D eigenvalue weighted by Gasteiger charge is 2.15. The Labute approximate surface area is 181 Å². The molecule has 2 aromatic carbocycles. The zero-order valence-corrected chi connectivity index (χ0v) is 18.1. The lowest BCUT2D eigenvalue weighted by Crippen LogP contribution is -2.14. The number of hydrogen-bond donors (Lipinski definition) is 1. The minimum atomic E-state index is -0.617. The van der Waals surface area contributed by atoms with Crippen LogP contribution in [0.25, 0.3) is 6.08 Å². The second kappa shape index (κ2) is 9.88. The van der Waals surface area contributed by atoms with Crippen LogP contribution in [-0.2, 0) is 4.79 Å². The molecule has 0 fully saturated rings. The molecule has 8 nitrogen and oxygen atoms in total. The fourth-order valence-electron chi connectivity index (χ4n) is 2.54. The number of amides is 1. The molecule has 0 heterocycles. The summed E-state index contributed by atoms with van der Waals surface area (Å²) in [5.41, 5.74) is 1.31. The number of nitrogens with one attached hydrogen (secondary N) is 1. The largest absolute Gasteiger partial charge is 0.492 e. The number of non-ortho nitro benzene ring substituents is 1. The smallest absolute Gasteiger partial charge is 0.269 e. The standard InChI is InChI=1S/C20H18IN3O5/c1-4-29-18-10-13(9-16(21)19(18)28-3)8-14(11-22)20(25)23-17-6-5-15(24(26)27)7-12(17)2/h5-10H,4H2,1-3H3,(H,23,25)/b14-8+. The number of nitro benzene ring substituents is 1. The van der Waals surface area contributed by atoms with E-state index in [0.717, 1.165) is 3.57 Å². The lowest BCUT2D eigenvalue weighted by atomic mass is 10.1. The van der Waals surface area contributed by atoms with Gasteiger partial charge in [-0.25, -0.2) is 0 Å². The summed E-state index contributed by atoms with van der Waals surface area (Å²) in [4.78, 5) is 22.9. The van der Waals surface area contributed by atoms with Crippen LogP contribution in [0.5, 0.6) is 11.5 Å². The van der Waals surface area contributed by atoms with Crippen LogP contribution in [-0.4, -0.2) is 24.5 Å². The van der Waals surface area contributed by atoms with Gasteiger partial charge in [0.1, 0.15) is 11.6 Å². The van der Waals surface area contributed by atoms with Crippen molar-refractivity contribution in [2.75, 3.05) is 19.0 Å². The summed E-state index contributed by atoms with van der Waals surface area (Å²) >= 11 is 2.09. The Morgan fingerprint density at radius 2 is 2.10 bits per heavy atom. The summed E-state index contributed by atoms with van der Waals surface area (Å²) in [7, 11) is 1.54. The maximum absolute atomic E-state index is 12.5. The molecular formula is C20H18IN3O5. The number of rotatable bonds is 7. The van der Waals surface area contributed by atoms with E-state index < -0.39 is 10.8 Å². The monoisotopic (exact) mass is 507 g/mol. The molecule has 2 aromatic rings. The molecule has 0 saturated heterocycles. The van der Waals surface area contributed by atoms with Crippen molar-refractivity contribution in [1.82, 2.24) is 0 Å². The molecule has 0 aliphatic heterocycles. The summed E-state index contributed by atoms with van der Waals surface area (Å²) in [6.07, 6.45) is 1.44. The number of nitriles is 1. The predicted octanol–water partition coefficient (Wildman–Crippen LogP) is 4.46. The summed E-state index contributed by atoms with van der Waals surface area (Å²) in [5.74, 6) is 0.472. The predicted molar refractivity (Wildman–Crippen MR) is 117 cm³/mol. The fourth-order valence-corrected chi connectivity index (χ4v) is 3.38. The molecule has 0 radical (unpaired) electrons. The SMILES string of the molecule is CCOc1cc(/C=C(\C#N)C(=O)Nc2ccc([N+](=O)[O-])cc2C)cc(I)c1OC. The molecule has 0 unspecified atom stereocenters. The summed E-state index contributed by atoms with van der Waals surface area (Å²) in [6.45, 7) is 3.92. The third-order valence-corrected chi connectivity index (χ3v) is 4.68. The highest BCUT2D eigenvalue weighted by Crippen LogP contribution is 2.34. The average Bonchev–Trinajstić information content (AvgIpc) is 2.67. The summed E-state index contributed by atoms with van der Waals surface area (Å²) < 4.78 is 11.7. The normalized spacial score (nSPS) is 10.8. The molecule has 0 atom stereocenters. The van der Waals surface area contributed by atoms with E-state index in [2.05, 4.69) is 27.9 Å². The zero-order chi connectivity index (χ0) is 21.6. The van der Waals surface area contributed by atoms with Crippen LogP contribution < -0.4 is 14.8 Å². The molecule has 0 aliphatic carbocycles. The van der Waals surface area contributed by atoms with Crippen LogP contribution in [0.1, 0.15) is 18.1 Å². The van der Waals surface area contributed by atoms with Crippen molar-refractivity contribution in [1.29, 1.82) is 5.26 Å². The van der Waals surface area contributed by atoms with Crippen LogP contribution >= 0.6 is 22.6 Å². The number of nitro groups is 1. The fraction of sp³-hybridized carbons (Fsp3) is 0.200. The van der Waals surface area contributed by atoms with Gasteiger partial charge in [0.15, 0.2) is 11.5 Å². The summed E-state index contributed by atoms with van der Waals surface area (Å²) in [5, 5.41) is 22.9. The van der Waals surface area contributed by atoms with Gasteiger partial charge in [-0.1, -0.05) is 0 Å². The number of nitrogens with zero attached hydrogens (tertiary/aromatic N) is 2. The van der Waals surface area contributed by atoms with Gasteiger partial charge in [-0.05, 0) is 71.8 Å². The lowest BCUT2D eigenvalue weighted by Gasteiger charge is -2.12. The number of benzene rings is 2. The average molecular weight is 507 g/mol. The molecule has 150 valence electrons. The lowest BCUT2D eigenvalue weighted by molar-refractivity contribution is -0.384. The molecule has 9 heteroatoms. The number of hydrogen-bond acceptors (Lipinski definition) is 6. The van der Waals surface area contributed by atoms with E-state index in [0.29, 0.717) is 34.9 Å². The first-order valence-corrected chi connectivity index (χ1v) is 9.57. The first-order valence-electron chi connectivity index (χ1n) is 8.49. The maximum atomic E-state index is 12.5. The van der Waals surface area contributed by atoms with Crippen molar-refractivity contribution < 1.29 is 19.2 Å². The van der Waals surface area contributed by atoms with Crippen molar-refractivity contribution >= 4 is 45.9 Å². The Kier molecular flexibility index (Phi) is 7.55. The molecule has 0 aromatic heterocycles. The Bertz CT molecular complexity index is 1030. The van der Waals surface area contributed by atoms with Gasteiger partial charge in [-0.2, -0.15) is 5.26 Å². The van der Waals surface area contributed by atoms with Crippen molar-refractivity contribution in [3.05, 3.63) is 60.7 Å². The molecule has 2 rings (SSSR count). The van der Waals surface area contributed by atoms with Gasteiger partial charge in [0.2, 0.25) is 0 Å². The van der Waals surface area contributed by atoms with Crippen molar-refractivity contribution in [2.24, 2.45) is 0 Å². The molecule has 0 aliphatic rings. The zero-order valence-electron chi connectivity index (χ0n) is 16.0. The Hall–Kier alpha value is -3.13. The van der Waals surface area contributed by atoms with Gasteiger partial charge in [-0.15, -0.1) is 0 Å². The Morgan fingerprint density at radius 1 is 1.38 bits per heavy atom. The van der Waals surface area contributed by atoms with E-state index in [9.17, 15) is 20.2 Å². The van der Waals surface area contributed by atoms with E-state index in [1.807, 2.05) is 13.0 Å². The van der Waals surface area contributed by atoms with Crippen LogP contribution in [0.15, 0.2) is 35.9 Å². The van der Waals surface area contributed by atoms with Crippen molar-refractivity contribution in [3.8, 4) is 17.6 Å². The molecule has 0 spiro atoms. The quantitative estimate of drug-likeness (QED) is 0.195. The molecule has 0 saturated carbocycles. The van der Waals surface area contributed by atoms with Gasteiger partial charge < -0.3 is 14.8 Å². The molecule has 0 bridgehead atoms. The molecule has 1 amide bonds. The van der Waals surface area contributed by atoms with E-state index >= 15 is 0 Å². The van der Waals surface area contributed by atoms with Gasteiger partial charge in [0.05, 0.1) is 22.2 Å². The van der Waals surface area contributed by atoms with E-state index in [-0.39, 0.29) is 11.3 Å². The highest BCUT2D eigenvalue weighted by molar-refractivity contribution is 14.1. The maximum Gasteiger partial charge on any atom is 0.269 e. The second-order valence-corrected chi connectivity index (χ2v) is 7.01. The van der Waals surface area contributed by atoms with Gasteiger partial charge >= 0.3 is 0 Å². The first kappa shape index (κ1) is 22.2. The number of ether oxygens (including phenoxy) is 2. The Morgan fingerprint density at radius 3 is 2.66 bits per heavy atom. The van der Waals surface area contributed by atoms with E-state index in [4.69, 9.17) is 9.47 Å². The van der Waals surface area contributed by atoms with E-state index in [1.54, 1.807) is 19.1 Å². The number of anilines is 1. The van der Waals surface area contributed by atoms with Crippen molar-refractivity contribution in [2.45, 2.75) is 13.8 Å². The topological polar surface area (TPSA) is 114 Å². The van der Waals surface area contributed by atoms with Crippen LogP contribution in [0.3, 0.4) is 0 Å². The van der Waals surface area contributed by atoms with Gasteiger partial charge in [0.25, 0.3) is 11.6 Å². The van der Waals surface area contributed by atoms with Crippen LogP contribution in [0.2, 0.25) is 0 Å². The van der Waals surface area contributed by atoms with Gasteiger partial charge in [-0.3, -0.25) is 14.9 Å². The number of carbonyl (C=O) groups is 1. The molecule has 29 heavy (non-hydrogen) atoms. The third kappa shape index (κ3) is 5.45. The summed E-state index contributed by atoms with van der Waals surface area (Å²) in [6, 6.07) is 9.42. The Balaban J connectivity index is 2.33. The highest BCUT2D eigenvalue weighted by atomic mass is 127. The number of aryl methyl sites for hydroxylation is 1. The molecule has 1 N–H and O–H groups in total. The number of carbonyl (C=O) groups excluding carboxylic acids is 1. The minimum absolute atomic E-state index is 0.0761. The molecular weight excluding hydrogens is 489 g/mol. The minimum Gasteiger partial charge on any atom is -0.492 e. The first-order chi connectivity index (χ1) is 13.8. The number of methoxy groups -OCH3 is 1. The number of halogens is 1. The van der Waals surface area contributed by atoms with Crippen molar-refractivity contribution in [3.63, 3.8) is 0 Å².